The van der Waals surface area contributed by atoms with E-state index in [4.69, 9.17) is 18.9 Å². The number of cyclic esters (lactones) is 1. The summed E-state index contributed by atoms with van der Waals surface area (Å²) < 4.78 is 36.2. The largest absolute Gasteiger partial charge is 0.616 e. The van der Waals surface area contributed by atoms with E-state index in [1.807, 2.05) is 0 Å². The van der Waals surface area contributed by atoms with Crippen LogP contribution in [0.25, 0.3) is 0 Å². The van der Waals surface area contributed by atoms with Gasteiger partial charge in [0.1, 0.15) is 28.9 Å². The first-order valence-electron chi connectivity index (χ1n) is 13.1. The quantitative estimate of drug-likeness (QED) is 0.365. The third-order valence-electron chi connectivity index (χ3n) is 6.54. The number of alkyl carbamates (subject to hydrolysis) is 1. The Balaban J connectivity index is 1.90. The van der Waals surface area contributed by atoms with Gasteiger partial charge in [-0.05, 0) is 65.4 Å². The number of ether oxygens (including phenoxy) is 4. The highest BCUT2D eigenvalue weighted by atomic mass is 32.2. The summed E-state index contributed by atoms with van der Waals surface area (Å²) in [6, 6.07) is 2.61. The minimum Gasteiger partial charge on any atom is -0.616 e. The van der Waals surface area contributed by atoms with Crippen LogP contribution in [0.4, 0.5) is 4.79 Å². The number of hydrogen-bond acceptors (Lipinski definition) is 8. The molecule has 3 rings (SSSR count). The van der Waals surface area contributed by atoms with Crippen molar-refractivity contribution in [3.63, 3.8) is 0 Å². The lowest BCUT2D eigenvalue weighted by atomic mass is 9.88. The number of nitrogens with zero attached hydrogens (tertiary/aromatic N) is 1. The zero-order valence-electron chi connectivity index (χ0n) is 23.1. The maximum absolute atomic E-state index is 13.4. The van der Waals surface area contributed by atoms with E-state index in [-0.39, 0.29) is 18.3 Å². The van der Waals surface area contributed by atoms with E-state index in [0.29, 0.717) is 23.1 Å². The van der Waals surface area contributed by atoms with Crippen molar-refractivity contribution in [1.82, 2.24) is 10.3 Å². The summed E-state index contributed by atoms with van der Waals surface area (Å²) in [6.07, 6.45) is 5.29. The third-order valence-corrected chi connectivity index (χ3v) is 7.89. The summed E-state index contributed by atoms with van der Waals surface area (Å²) in [7, 11) is 0. The molecule has 10 heteroatoms. The van der Waals surface area contributed by atoms with E-state index in [1.54, 1.807) is 59.9 Å². The molecule has 3 atom stereocenters. The fourth-order valence-corrected chi connectivity index (χ4v) is 5.70. The molecule has 0 spiro atoms. The first kappa shape index (κ1) is 29.5. The van der Waals surface area contributed by atoms with E-state index < -0.39 is 46.3 Å². The van der Waals surface area contributed by atoms with Crippen molar-refractivity contribution in [3.05, 3.63) is 24.0 Å². The molecule has 0 aromatic carbocycles. The Morgan fingerprint density at radius 2 is 1.97 bits per heavy atom. The molecular formula is C27H42N2O7S. The van der Waals surface area contributed by atoms with Gasteiger partial charge in [-0.3, -0.25) is 4.98 Å². The molecule has 1 N–H and O–H groups in total. The monoisotopic (exact) mass is 538 g/mol. The van der Waals surface area contributed by atoms with Crippen LogP contribution in [-0.4, -0.2) is 62.2 Å². The number of amides is 1. The van der Waals surface area contributed by atoms with Gasteiger partial charge in [0.05, 0.1) is 6.10 Å². The van der Waals surface area contributed by atoms with Crippen LogP contribution in [-0.2, 0) is 36.6 Å². The average molecular weight is 539 g/mol. The second kappa shape index (κ2) is 11.8. The molecule has 0 bridgehead atoms. The molecule has 2 aliphatic rings. The molecule has 1 aliphatic carbocycles. The first-order valence-corrected chi connectivity index (χ1v) is 14.6. The van der Waals surface area contributed by atoms with Gasteiger partial charge in [-0.2, -0.15) is 0 Å². The van der Waals surface area contributed by atoms with Crippen molar-refractivity contribution in [3.8, 4) is 5.75 Å². The molecule has 1 saturated carbocycles. The molecule has 2 heterocycles. The second-order valence-electron chi connectivity index (χ2n) is 11.5. The smallest absolute Gasteiger partial charge is 0.408 e. The summed E-state index contributed by atoms with van der Waals surface area (Å²) in [6.45, 7) is 12.5. The number of carbonyl (C=O) groups excluding carboxylic acids is 2. The van der Waals surface area contributed by atoms with Crippen molar-refractivity contribution in [2.75, 3.05) is 11.5 Å². The number of carbonyl (C=O) groups is 2. The normalized spacial score (nSPS) is 27.2. The Morgan fingerprint density at radius 1 is 1.30 bits per heavy atom. The van der Waals surface area contributed by atoms with E-state index in [0.717, 1.165) is 25.7 Å². The molecule has 1 aromatic heterocycles. The van der Waals surface area contributed by atoms with Gasteiger partial charge in [0, 0.05) is 38.2 Å². The fraction of sp³-hybridized carbons (Fsp3) is 0.741. The van der Waals surface area contributed by atoms with Crippen molar-refractivity contribution in [2.24, 2.45) is 5.92 Å². The van der Waals surface area contributed by atoms with Crippen LogP contribution in [0.5, 0.6) is 5.75 Å². The van der Waals surface area contributed by atoms with E-state index in [9.17, 15) is 14.1 Å². The molecule has 1 aromatic rings. The molecule has 1 amide bonds. The molecule has 0 radical (unpaired) electrons. The fourth-order valence-electron chi connectivity index (χ4n) is 4.74. The summed E-state index contributed by atoms with van der Waals surface area (Å²) in [5.41, 5.74) is -1.88. The van der Waals surface area contributed by atoms with Crippen molar-refractivity contribution < 1.29 is 33.1 Å². The Kier molecular flexibility index (Phi) is 9.40. The predicted octanol–water partition coefficient (Wildman–Crippen LogP) is 4.29. The SMILES string of the molecule is CC[S+]([O-])C[C@H](NC(=O)OC(C)(C)C)[C@@]1(Cc2cc(O[C@H]3CC[C@H](C)CC3)ccn2)OC(C)(C)OC1=O. The number of esters is 1. The van der Waals surface area contributed by atoms with Crippen LogP contribution in [0.1, 0.15) is 79.8 Å². The Hall–Kier alpha value is -2.04. The second-order valence-corrected chi connectivity index (χ2v) is 13.3. The standard InChI is InChI=1S/C27H42N2O7S/c1-8-37(32)17-22(29-24(31)35-25(3,4)5)27(23(30)34-26(6,7)36-27)16-19-15-21(13-14-28-19)33-20-11-9-18(2)10-12-20/h13-15,18,20,22H,8-12,16-17H2,1-7H3,(H,29,31)/t18-,20-,22-,27+,37?/m0/s1. The van der Waals surface area contributed by atoms with Gasteiger partial charge < -0.3 is 28.8 Å². The molecule has 37 heavy (non-hydrogen) atoms. The lowest BCUT2D eigenvalue weighted by Gasteiger charge is -2.35. The molecule has 2 fully saturated rings. The van der Waals surface area contributed by atoms with Gasteiger partial charge in [-0.25, -0.2) is 9.59 Å². The maximum atomic E-state index is 13.4. The minimum absolute atomic E-state index is 0.00442. The van der Waals surface area contributed by atoms with E-state index in [1.165, 1.54) is 0 Å². The predicted molar refractivity (Wildman–Crippen MR) is 141 cm³/mol. The summed E-state index contributed by atoms with van der Waals surface area (Å²) in [4.78, 5) is 30.7. The number of aromatic nitrogens is 1. The maximum Gasteiger partial charge on any atom is 0.408 e. The van der Waals surface area contributed by atoms with Gasteiger partial charge >= 0.3 is 12.1 Å². The van der Waals surface area contributed by atoms with Gasteiger partial charge in [0.25, 0.3) is 0 Å². The Bertz CT molecular complexity index is 943. The molecular weight excluding hydrogens is 496 g/mol. The molecule has 1 saturated heterocycles. The number of rotatable bonds is 9. The summed E-state index contributed by atoms with van der Waals surface area (Å²) in [5, 5.41) is 2.76. The molecule has 1 unspecified atom stereocenters. The zero-order chi connectivity index (χ0) is 27.4. The highest BCUT2D eigenvalue weighted by Gasteiger charge is 2.60. The number of nitrogens with one attached hydrogen (secondary N) is 1. The molecule has 1 aliphatic heterocycles. The number of pyridine rings is 1. The summed E-state index contributed by atoms with van der Waals surface area (Å²) >= 11 is -1.33. The van der Waals surface area contributed by atoms with Gasteiger partial charge in [0.15, 0.2) is 5.60 Å². The lowest BCUT2D eigenvalue weighted by Crippen LogP contribution is -2.61. The van der Waals surface area contributed by atoms with Crippen LogP contribution < -0.4 is 10.1 Å². The molecule has 9 nitrogen and oxygen atoms in total. The van der Waals surface area contributed by atoms with Crippen LogP contribution in [0, 0.1) is 5.92 Å². The average Bonchev–Trinajstić information content (AvgIpc) is 3.02. The minimum atomic E-state index is -1.66. The first-order chi connectivity index (χ1) is 17.2. The van der Waals surface area contributed by atoms with E-state index in [2.05, 4.69) is 17.2 Å². The van der Waals surface area contributed by atoms with Crippen molar-refractivity contribution >= 4 is 23.2 Å². The van der Waals surface area contributed by atoms with Crippen molar-refractivity contribution in [2.45, 2.75) is 110 Å². The number of hydrogen-bond donors (Lipinski definition) is 1. The van der Waals surface area contributed by atoms with Crippen LogP contribution in [0.2, 0.25) is 0 Å². The van der Waals surface area contributed by atoms with Crippen molar-refractivity contribution in [1.29, 1.82) is 0 Å². The Labute approximate surface area is 223 Å². The topological polar surface area (TPSA) is 119 Å². The van der Waals surface area contributed by atoms with Gasteiger partial charge in [0.2, 0.25) is 5.79 Å². The highest BCUT2D eigenvalue weighted by molar-refractivity contribution is 7.91. The lowest BCUT2D eigenvalue weighted by molar-refractivity contribution is -0.169. The third kappa shape index (κ3) is 8.22. The van der Waals surface area contributed by atoms with Gasteiger partial charge in [-0.1, -0.05) is 18.1 Å². The van der Waals surface area contributed by atoms with Crippen LogP contribution >= 0.6 is 0 Å². The molecule has 208 valence electrons. The van der Waals surface area contributed by atoms with Crippen LogP contribution in [0.15, 0.2) is 18.3 Å². The zero-order valence-corrected chi connectivity index (χ0v) is 23.9. The van der Waals surface area contributed by atoms with Gasteiger partial charge in [-0.15, -0.1) is 0 Å². The highest BCUT2D eigenvalue weighted by Crippen LogP contribution is 2.38. The van der Waals surface area contributed by atoms with Crippen LogP contribution in [0.3, 0.4) is 0 Å². The summed E-state index contributed by atoms with van der Waals surface area (Å²) in [5.74, 6) is -0.184. The Morgan fingerprint density at radius 3 is 2.54 bits per heavy atom. The van der Waals surface area contributed by atoms with E-state index >= 15 is 0 Å².